The van der Waals surface area contributed by atoms with Crippen molar-refractivity contribution < 1.29 is 19.1 Å². The van der Waals surface area contributed by atoms with Crippen LogP contribution in [0.4, 0.5) is 5.69 Å². The second kappa shape index (κ2) is 11.1. The third kappa shape index (κ3) is 5.14. The van der Waals surface area contributed by atoms with Crippen molar-refractivity contribution in [1.82, 2.24) is 24.5 Å². The van der Waals surface area contributed by atoms with Crippen LogP contribution in [0.15, 0.2) is 18.2 Å². The van der Waals surface area contributed by atoms with Gasteiger partial charge >= 0.3 is 0 Å². The minimum atomic E-state index is -0.102. The molecule has 2 aliphatic heterocycles. The smallest absolute Gasteiger partial charge is 0.274 e. The summed E-state index contributed by atoms with van der Waals surface area (Å²) in [7, 11) is 1.51. The third-order valence-corrected chi connectivity index (χ3v) is 8.23. The molecule has 0 spiro atoms. The summed E-state index contributed by atoms with van der Waals surface area (Å²) >= 11 is 0. The van der Waals surface area contributed by atoms with E-state index in [4.69, 9.17) is 4.74 Å². The first kappa shape index (κ1) is 26.2. The molecule has 3 heterocycles. The van der Waals surface area contributed by atoms with Crippen molar-refractivity contribution in [1.29, 1.82) is 0 Å². The predicted molar refractivity (Wildman–Crippen MR) is 143 cm³/mol. The summed E-state index contributed by atoms with van der Waals surface area (Å²) in [5.74, 6) is -0.111. The van der Waals surface area contributed by atoms with Gasteiger partial charge < -0.3 is 24.3 Å². The zero-order valence-corrected chi connectivity index (χ0v) is 22.7. The number of benzene rings is 1. The maximum Gasteiger partial charge on any atom is 0.274 e. The van der Waals surface area contributed by atoms with Crippen LogP contribution in [0.3, 0.4) is 0 Å². The molecular formula is C28H38N6O4. The molecule has 0 radical (unpaired) electrons. The molecule has 10 heteroatoms. The molecule has 0 saturated carbocycles. The van der Waals surface area contributed by atoms with E-state index >= 15 is 0 Å². The van der Waals surface area contributed by atoms with Gasteiger partial charge in [-0.05, 0) is 50.3 Å². The highest BCUT2D eigenvalue weighted by Gasteiger charge is 2.32. The highest BCUT2D eigenvalue weighted by molar-refractivity contribution is 5.94. The summed E-state index contributed by atoms with van der Waals surface area (Å²) in [6.45, 7) is 9.38. The van der Waals surface area contributed by atoms with E-state index in [1.54, 1.807) is 14.5 Å². The van der Waals surface area contributed by atoms with Gasteiger partial charge in [-0.1, -0.05) is 12.1 Å². The lowest BCUT2D eigenvalue weighted by molar-refractivity contribution is -0.136. The van der Waals surface area contributed by atoms with Crippen molar-refractivity contribution in [3.63, 3.8) is 0 Å². The second-order valence-electron chi connectivity index (χ2n) is 10.5. The summed E-state index contributed by atoms with van der Waals surface area (Å²) in [6.07, 6.45) is 2.61. The summed E-state index contributed by atoms with van der Waals surface area (Å²) in [5, 5.41) is 4.68. The number of carbonyl (C=O) groups is 3. The van der Waals surface area contributed by atoms with Gasteiger partial charge in [0.05, 0.1) is 0 Å². The second-order valence-corrected chi connectivity index (χ2v) is 10.5. The SMILES string of the molecule is COCC(=O)N1CCN(C(=O)c2nn(CC(=O)N3CCN(c4cccc(C)c4C)CC3)c3c2CCC3)CC1. The van der Waals surface area contributed by atoms with Crippen LogP contribution in [0.1, 0.15) is 39.3 Å². The molecule has 10 nitrogen and oxygen atoms in total. The van der Waals surface area contributed by atoms with Crippen LogP contribution in [0.2, 0.25) is 0 Å². The predicted octanol–water partition coefficient (Wildman–Crippen LogP) is 1.27. The molecule has 3 aliphatic rings. The number of piperazine rings is 2. The Morgan fingerprint density at radius 1 is 0.868 bits per heavy atom. The molecule has 0 unspecified atom stereocenters. The number of ether oxygens (including phenoxy) is 1. The number of anilines is 1. The van der Waals surface area contributed by atoms with Gasteiger partial charge in [-0.15, -0.1) is 0 Å². The number of hydrogen-bond acceptors (Lipinski definition) is 6. The van der Waals surface area contributed by atoms with Crippen LogP contribution in [0, 0.1) is 13.8 Å². The Labute approximate surface area is 224 Å². The minimum absolute atomic E-state index is 0.0482. The average molecular weight is 523 g/mol. The van der Waals surface area contributed by atoms with E-state index in [9.17, 15) is 14.4 Å². The fourth-order valence-electron chi connectivity index (χ4n) is 5.84. The lowest BCUT2D eigenvalue weighted by atomic mass is 10.1. The van der Waals surface area contributed by atoms with E-state index < -0.39 is 0 Å². The first-order valence-corrected chi connectivity index (χ1v) is 13.6. The van der Waals surface area contributed by atoms with Gasteiger partial charge in [-0.25, -0.2) is 0 Å². The van der Waals surface area contributed by atoms with Crippen LogP contribution in [0.5, 0.6) is 0 Å². The number of nitrogens with zero attached hydrogens (tertiary/aromatic N) is 6. The van der Waals surface area contributed by atoms with Gasteiger partial charge in [0.25, 0.3) is 5.91 Å². The van der Waals surface area contributed by atoms with Crippen LogP contribution < -0.4 is 4.90 Å². The summed E-state index contributed by atoms with van der Waals surface area (Å²) < 4.78 is 6.72. The largest absolute Gasteiger partial charge is 0.375 e. The molecule has 38 heavy (non-hydrogen) atoms. The Morgan fingerprint density at radius 3 is 2.24 bits per heavy atom. The molecule has 1 aliphatic carbocycles. The molecule has 0 bridgehead atoms. The first-order valence-electron chi connectivity index (χ1n) is 13.6. The first-order chi connectivity index (χ1) is 18.4. The molecule has 5 rings (SSSR count). The Hall–Kier alpha value is -3.40. The number of aromatic nitrogens is 2. The number of amides is 3. The molecule has 0 atom stereocenters. The van der Waals surface area contributed by atoms with E-state index in [1.165, 1.54) is 23.9 Å². The molecule has 2 saturated heterocycles. The van der Waals surface area contributed by atoms with Crippen LogP contribution >= 0.6 is 0 Å². The number of rotatable bonds is 6. The Balaban J connectivity index is 1.21. The fraction of sp³-hybridized carbons (Fsp3) is 0.571. The maximum atomic E-state index is 13.4. The van der Waals surface area contributed by atoms with Gasteiger partial charge in [-0.2, -0.15) is 5.10 Å². The maximum absolute atomic E-state index is 13.4. The van der Waals surface area contributed by atoms with Crippen molar-refractivity contribution in [3.8, 4) is 0 Å². The van der Waals surface area contributed by atoms with Crippen LogP contribution in [0.25, 0.3) is 0 Å². The van der Waals surface area contributed by atoms with Crippen molar-refractivity contribution in [2.24, 2.45) is 0 Å². The topological polar surface area (TPSA) is 91.2 Å². The van der Waals surface area contributed by atoms with Crippen LogP contribution in [-0.2, 0) is 33.7 Å². The van der Waals surface area contributed by atoms with E-state index in [0.717, 1.165) is 43.6 Å². The van der Waals surface area contributed by atoms with Crippen LogP contribution in [-0.4, -0.2) is 108 Å². The summed E-state index contributed by atoms with van der Waals surface area (Å²) in [6, 6.07) is 6.37. The zero-order chi connectivity index (χ0) is 26.8. The molecular weight excluding hydrogens is 484 g/mol. The highest BCUT2D eigenvalue weighted by atomic mass is 16.5. The zero-order valence-electron chi connectivity index (χ0n) is 22.7. The quantitative estimate of drug-likeness (QED) is 0.568. The lowest BCUT2D eigenvalue weighted by Crippen LogP contribution is -2.51. The Kier molecular flexibility index (Phi) is 7.69. The van der Waals surface area contributed by atoms with Crippen molar-refractivity contribution in [2.75, 3.05) is 71.0 Å². The number of aryl methyl sites for hydroxylation is 1. The molecule has 1 aromatic heterocycles. The summed E-state index contributed by atoms with van der Waals surface area (Å²) in [4.78, 5) is 46.6. The molecule has 2 fully saturated rings. The van der Waals surface area contributed by atoms with Gasteiger partial charge in [0.1, 0.15) is 13.2 Å². The van der Waals surface area contributed by atoms with Gasteiger partial charge in [0.2, 0.25) is 11.8 Å². The van der Waals surface area contributed by atoms with E-state index in [-0.39, 0.29) is 30.9 Å². The minimum Gasteiger partial charge on any atom is -0.375 e. The highest BCUT2D eigenvalue weighted by Crippen LogP contribution is 2.27. The molecule has 0 N–H and O–H groups in total. The van der Waals surface area contributed by atoms with Gasteiger partial charge in [-0.3, -0.25) is 19.1 Å². The Bertz CT molecular complexity index is 1210. The number of carbonyl (C=O) groups excluding carboxylic acids is 3. The number of methoxy groups -OCH3 is 1. The number of fused-ring (bicyclic) bond motifs is 1. The molecule has 204 valence electrons. The van der Waals surface area contributed by atoms with Crippen molar-refractivity contribution in [2.45, 2.75) is 39.7 Å². The summed E-state index contributed by atoms with van der Waals surface area (Å²) in [5.41, 5.74) is 6.29. The van der Waals surface area contributed by atoms with E-state index in [1.807, 2.05) is 4.90 Å². The standard InChI is InChI=1S/C28H38N6O4/c1-20-6-4-8-23(21(20)2)30-10-12-31(13-11-30)25(35)18-34-24-9-5-7-22(24)27(29-34)28(37)33-16-14-32(15-17-33)26(36)19-38-3/h4,6,8H,5,7,9-19H2,1-3H3. The average Bonchev–Trinajstić information content (AvgIpc) is 3.54. The van der Waals surface area contributed by atoms with E-state index in [2.05, 4.69) is 42.0 Å². The third-order valence-electron chi connectivity index (χ3n) is 8.23. The lowest BCUT2D eigenvalue weighted by Gasteiger charge is -2.37. The van der Waals surface area contributed by atoms with Crippen molar-refractivity contribution >= 4 is 23.4 Å². The van der Waals surface area contributed by atoms with Gasteiger partial charge in [0, 0.05) is 76.4 Å². The monoisotopic (exact) mass is 522 g/mol. The normalized spacial score (nSPS) is 17.7. The molecule has 2 aromatic rings. The molecule has 1 aromatic carbocycles. The van der Waals surface area contributed by atoms with Gasteiger partial charge in [0.15, 0.2) is 5.69 Å². The van der Waals surface area contributed by atoms with Crippen molar-refractivity contribution in [3.05, 3.63) is 46.3 Å². The van der Waals surface area contributed by atoms with E-state index in [0.29, 0.717) is 45.0 Å². The molecule has 3 amide bonds. The number of hydrogen-bond donors (Lipinski definition) is 0. The Morgan fingerprint density at radius 2 is 1.53 bits per heavy atom. The fourth-order valence-corrected chi connectivity index (χ4v) is 5.84.